The molecule has 2 fully saturated rings. The van der Waals surface area contributed by atoms with E-state index in [-0.39, 0.29) is 17.7 Å². The quantitative estimate of drug-likeness (QED) is 0.798. The first-order valence-electron chi connectivity index (χ1n) is 11.3. The molecule has 1 unspecified atom stereocenters. The van der Waals surface area contributed by atoms with Gasteiger partial charge in [-0.1, -0.05) is 33.8 Å². The largest absolute Gasteiger partial charge is 0.354 e. The molecule has 3 rings (SSSR count). The summed E-state index contributed by atoms with van der Waals surface area (Å²) in [6.07, 6.45) is 3.57. The molecule has 1 atom stereocenters. The van der Waals surface area contributed by atoms with Crippen molar-refractivity contribution in [3.8, 4) is 0 Å². The monoisotopic (exact) mass is 415 g/mol. The highest BCUT2D eigenvalue weighted by Crippen LogP contribution is 2.23. The van der Waals surface area contributed by atoms with Crippen LogP contribution in [0.2, 0.25) is 0 Å². The van der Waals surface area contributed by atoms with Crippen molar-refractivity contribution in [1.82, 2.24) is 20.1 Å². The minimum absolute atomic E-state index is 0.0289. The van der Waals surface area contributed by atoms with Crippen LogP contribution in [0.4, 0.5) is 5.82 Å². The smallest absolute Gasteiger partial charge is 0.227 e. The van der Waals surface area contributed by atoms with E-state index in [0.717, 1.165) is 63.5 Å². The summed E-state index contributed by atoms with van der Waals surface area (Å²) in [4.78, 5) is 36.4. The van der Waals surface area contributed by atoms with Crippen LogP contribution in [0.1, 0.15) is 46.1 Å². The Balaban J connectivity index is 1.48. The third-order valence-electron chi connectivity index (χ3n) is 6.14. The van der Waals surface area contributed by atoms with Crippen molar-refractivity contribution < 1.29 is 9.59 Å². The number of nitrogens with one attached hydrogen (secondary N) is 1. The molecule has 2 aliphatic heterocycles. The van der Waals surface area contributed by atoms with Gasteiger partial charge in [-0.05, 0) is 31.0 Å². The summed E-state index contributed by atoms with van der Waals surface area (Å²) in [5.41, 5.74) is 0.590. The van der Waals surface area contributed by atoms with Gasteiger partial charge in [-0.3, -0.25) is 9.59 Å². The van der Waals surface area contributed by atoms with Gasteiger partial charge in [-0.2, -0.15) is 0 Å². The van der Waals surface area contributed by atoms with Gasteiger partial charge in [-0.15, -0.1) is 0 Å². The molecule has 166 valence electrons. The number of nitrogens with zero attached hydrogens (tertiary/aromatic N) is 4. The lowest BCUT2D eigenvalue weighted by Crippen LogP contribution is -2.48. The topological polar surface area (TPSA) is 68.8 Å². The van der Waals surface area contributed by atoms with Crippen molar-refractivity contribution in [1.29, 1.82) is 0 Å². The summed E-state index contributed by atoms with van der Waals surface area (Å²) in [7, 11) is 0. The van der Waals surface area contributed by atoms with E-state index in [2.05, 4.69) is 27.0 Å². The average Bonchev–Trinajstić information content (AvgIpc) is 2.77. The third kappa shape index (κ3) is 5.72. The number of piperazine rings is 1. The first-order chi connectivity index (χ1) is 14.3. The van der Waals surface area contributed by atoms with Crippen molar-refractivity contribution in [2.24, 2.45) is 11.3 Å². The number of rotatable bonds is 5. The molecule has 2 aliphatic rings. The number of pyridine rings is 1. The molecule has 0 spiro atoms. The molecule has 7 heteroatoms. The number of piperidine rings is 1. The Bertz CT molecular complexity index is 720. The normalized spacial score (nSPS) is 20.9. The maximum Gasteiger partial charge on any atom is 0.227 e. The van der Waals surface area contributed by atoms with Crippen LogP contribution in [-0.4, -0.2) is 72.4 Å². The summed E-state index contributed by atoms with van der Waals surface area (Å²) in [6.45, 7) is 15.0. The Morgan fingerprint density at radius 3 is 2.47 bits per heavy atom. The van der Waals surface area contributed by atoms with Crippen LogP contribution >= 0.6 is 0 Å². The van der Waals surface area contributed by atoms with E-state index in [4.69, 9.17) is 0 Å². The summed E-state index contributed by atoms with van der Waals surface area (Å²) < 4.78 is 0. The van der Waals surface area contributed by atoms with Crippen LogP contribution in [0.5, 0.6) is 0 Å². The van der Waals surface area contributed by atoms with E-state index in [0.29, 0.717) is 13.1 Å². The number of anilines is 1. The molecule has 0 bridgehead atoms. The number of hydrogen-bond donors (Lipinski definition) is 1. The van der Waals surface area contributed by atoms with Gasteiger partial charge in [0.05, 0.1) is 5.92 Å². The minimum Gasteiger partial charge on any atom is -0.354 e. The summed E-state index contributed by atoms with van der Waals surface area (Å²) in [5.74, 6) is 1.03. The number of amides is 2. The zero-order valence-corrected chi connectivity index (χ0v) is 19.0. The zero-order chi connectivity index (χ0) is 21.7. The fourth-order valence-electron chi connectivity index (χ4n) is 4.18. The Morgan fingerprint density at radius 1 is 1.13 bits per heavy atom. The maximum atomic E-state index is 12.7. The van der Waals surface area contributed by atoms with E-state index in [1.807, 2.05) is 44.0 Å². The number of carbonyl (C=O) groups excluding carboxylic acids is 2. The van der Waals surface area contributed by atoms with Crippen LogP contribution in [0.15, 0.2) is 18.3 Å². The molecule has 0 saturated carbocycles. The SMILES string of the molecule is CCN1CCN(c2ccc(CNC(=O)C3CCCN(C(=O)C(C)(C)C)C3)cn2)CC1. The molecule has 1 N–H and O–H groups in total. The van der Waals surface area contributed by atoms with Gasteiger partial charge in [0.1, 0.15) is 5.82 Å². The summed E-state index contributed by atoms with van der Waals surface area (Å²) in [6, 6.07) is 4.10. The molecule has 30 heavy (non-hydrogen) atoms. The molecule has 1 aromatic heterocycles. The Kier molecular flexibility index (Phi) is 7.34. The lowest BCUT2D eigenvalue weighted by Gasteiger charge is -2.36. The van der Waals surface area contributed by atoms with E-state index in [1.54, 1.807) is 0 Å². The lowest BCUT2D eigenvalue weighted by atomic mass is 9.91. The number of likely N-dealkylation sites (tertiary alicyclic amines) is 1. The van der Waals surface area contributed by atoms with E-state index < -0.39 is 5.41 Å². The lowest BCUT2D eigenvalue weighted by molar-refractivity contribution is -0.142. The number of hydrogen-bond acceptors (Lipinski definition) is 5. The standard InChI is InChI=1S/C23H37N5O2/c1-5-26-11-13-27(14-12-26)20-9-8-18(15-24-20)16-25-21(29)19-7-6-10-28(17-19)22(30)23(2,3)4/h8-9,15,19H,5-7,10-14,16-17H2,1-4H3,(H,25,29). The Morgan fingerprint density at radius 2 is 1.87 bits per heavy atom. The van der Waals surface area contributed by atoms with Gasteiger partial charge >= 0.3 is 0 Å². The first kappa shape index (κ1) is 22.5. The zero-order valence-electron chi connectivity index (χ0n) is 19.0. The summed E-state index contributed by atoms with van der Waals surface area (Å²) >= 11 is 0. The van der Waals surface area contributed by atoms with E-state index in [1.165, 1.54) is 0 Å². The van der Waals surface area contributed by atoms with Gasteiger partial charge in [0.25, 0.3) is 0 Å². The molecule has 0 aliphatic carbocycles. The predicted octanol–water partition coefficient (Wildman–Crippen LogP) is 2.12. The third-order valence-corrected chi connectivity index (χ3v) is 6.14. The second-order valence-electron chi connectivity index (χ2n) is 9.50. The van der Waals surface area contributed by atoms with Crippen molar-refractivity contribution >= 4 is 17.6 Å². The van der Waals surface area contributed by atoms with Crippen molar-refractivity contribution in [2.75, 3.05) is 50.7 Å². The van der Waals surface area contributed by atoms with Crippen LogP contribution in [-0.2, 0) is 16.1 Å². The van der Waals surface area contributed by atoms with Crippen LogP contribution in [0, 0.1) is 11.3 Å². The molecule has 1 aromatic rings. The van der Waals surface area contributed by atoms with Gasteiger partial charge in [0.2, 0.25) is 11.8 Å². The second kappa shape index (κ2) is 9.77. The van der Waals surface area contributed by atoms with Crippen molar-refractivity contribution in [3.63, 3.8) is 0 Å². The molecule has 0 radical (unpaired) electrons. The second-order valence-corrected chi connectivity index (χ2v) is 9.50. The van der Waals surface area contributed by atoms with Crippen LogP contribution in [0.3, 0.4) is 0 Å². The molecule has 3 heterocycles. The maximum absolute atomic E-state index is 12.7. The Hall–Kier alpha value is -2.15. The van der Waals surface area contributed by atoms with Gasteiger partial charge in [-0.25, -0.2) is 4.98 Å². The molecular formula is C23H37N5O2. The van der Waals surface area contributed by atoms with Crippen LogP contribution in [0.25, 0.3) is 0 Å². The fraction of sp³-hybridized carbons (Fsp3) is 0.696. The van der Waals surface area contributed by atoms with Crippen molar-refractivity contribution in [2.45, 2.75) is 47.1 Å². The highest BCUT2D eigenvalue weighted by molar-refractivity contribution is 5.83. The van der Waals surface area contributed by atoms with E-state index >= 15 is 0 Å². The molecular weight excluding hydrogens is 378 g/mol. The number of carbonyl (C=O) groups is 2. The molecule has 2 saturated heterocycles. The molecule has 7 nitrogen and oxygen atoms in total. The molecule has 0 aromatic carbocycles. The van der Waals surface area contributed by atoms with Crippen LogP contribution < -0.4 is 10.2 Å². The summed E-state index contributed by atoms with van der Waals surface area (Å²) in [5, 5.41) is 3.04. The fourth-order valence-corrected chi connectivity index (χ4v) is 4.18. The van der Waals surface area contributed by atoms with Gasteiger partial charge in [0, 0.05) is 57.4 Å². The van der Waals surface area contributed by atoms with E-state index in [9.17, 15) is 9.59 Å². The number of aromatic nitrogens is 1. The molecule has 2 amide bonds. The minimum atomic E-state index is -0.408. The Labute approximate surface area is 180 Å². The highest BCUT2D eigenvalue weighted by atomic mass is 16.2. The highest BCUT2D eigenvalue weighted by Gasteiger charge is 2.33. The first-order valence-corrected chi connectivity index (χ1v) is 11.3. The predicted molar refractivity (Wildman–Crippen MR) is 119 cm³/mol. The average molecular weight is 416 g/mol. The van der Waals surface area contributed by atoms with Gasteiger partial charge < -0.3 is 20.0 Å². The number of likely N-dealkylation sites (N-methyl/N-ethyl adjacent to an activating group) is 1. The van der Waals surface area contributed by atoms with Crippen molar-refractivity contribution in [3.05, 3.63) is 23.9 Å². The van der Waals surface area contributed by atoms with Gasteiger partial charge in [0.15, 0.2) is 0 Å².